The average Bonchev–Trinajstić information content (AvgIpc) is 2.81. The molecule has 0 aliphatic heterocycles. The van der Waals surface area contributed by atoms with Crippen molar-refractivity contribution in [3.05, 3.63) is 77.9 Å². The van der Waals surface area contributed by atoms with E-state index in [4.69, 9.17) is 0 Å². The van der Waals surface area contributed by atoms with Crippen LogP contribution < -0.4 is 0 Å². The van der Waals surface area contributed by atoms with E-state index < -0.39 is 11.6 Å². The van der Waals surface area contributed by atoms with Crippen LogP contribution in [0.1, 0.15) is 40.9 Å². The van der Waals surface area contributed by atoms with Gasteiger partial charge in [0.2, 0.25) is 11.6 Å². The van der Waals surface area contributed by atoms with E-state index in [2.05, 4.69) is 51.3 Å². The number of hydrogen-bond acceptors (Lipinski definition) is 3. The molecule has 0 radical (unpaired) electrons. The van der Waals surface area contributed by atoms with Gasteiger partial charge in [0.05, 0.1) is 0 Å². The fraction of sp³-hybridized carbons (Fsp3) is 0.182. The fourth-order valence-corrected chi connectivity index (χ4v) is 3.87. The molecular formula is C22H20O2S. The number of rotatable bonds is 5. The first-order chi connectivity index (χ1) is 11.9. The van der Waals surface area contributed by atoms with Gasteiger partial charge in [0.1, 0.15) is 0 Å². The molecule has 2 nitrogen and oxygen atoms in total. The SMILES string of the molecule is C=C(Sc1ccc(CC(C)C)cc1)c1cccc2c1C(=C)C(=O)C2=O. The number of carbonyl (C=O) groups is 2. The molecule has 0 unspecified atom stereocenters. The molecule has 0 bridgehead atoms. The van der Waals surface area contributed by atoms with Crippen LogP contribution in [0.25, 0.3) is 10.5 Å². The second kappa shape index (κ2) is 6.85. The van der Waals surface area contributed by atoms with E-state index in [1.54, 1.807) is 12.1 Å². The summed E-state index contributed by atoms with van der Waals surface area (Å²) < 4.78 is 0. The Hall–Kier alpha value is -2.39. The van der Waals surface area contributed by atoms with Gasteiger partial charge in [-0.3, -0.25) is 9.59 Å². The Morgan fingerprint density at radius 1 is 1.04 bits per heavy atom. The highest BCUT2D eigenvalue weighted by molar-refractivity contribution is 8.08. The molecule has 0 saturated heterocycles. The summed E-state index contributed by atoms with van der Waals surface area (Å²) in [6.45, 7) is 12.4. The molecule has 0 heterocycles. The van der Waals surface area contributed by atoms with Crippen molar-refractivity contribution in [3.63, 3.8) is 0 Å². The van der Waals surface area contributed by atoms with Gasteiger partial charge in [-0.2, -0.15) is 0 Å². The maximum atomic E-state index is 12.0. The highest BCUT2D eigenvalue weighted by atomic mass is 32.2. The normalized spacial score (nSPS) is 13.5. The highest BCUT2D eigenvalue weighted by Crippen LogP contribution is 2.40. The topological polar surface area (TPSA) is 34.1 Å². The lowest BCUT2D eigenvalue weighted by Gasteiger charge is -2.11. The molecule has 1 aliphatic carbocycles. The summed E-state index contributed by atoms with van der Waals surface area (Å²) in [5.74, 6) is -0.363. The smallest absolute Gasteiger partial charge is 0.234 e. The third-order valence-electron chi connectivity index (χ3n) is 4.20. The second-order valence-corrected chi connectivity index (χ2v) is 7.80. The van der Waals surface area contributed by atoms with Crippen molar-refractivity contribution >= 4 is 33.8 Å². The van der Waals surface area contributed by atoms with Gasteiger partial charge in [-0.25, -0.2) is 0 Å². The zero-order chi connectivity index (χ0) is 18.1. The van der Waals surface area contributed by atoms with Crippen molar-refractivity contribution in [1.29, 1.82) is 0 Å². The monoisotopic (exact) mass is 348 g/mol. The van der Waals surface area contributed by atoms with Gasteiger partial charge in [0.25, 0.3) is 0 Å². The van der Waals surface area contributed by atoms with Gasteiger partial charge in [-0.05, 0) is 35.6 Å². The molecule has 0 amide bonds. The molecule has 0 spiro atoms. The molecule has 126 valence electrons. The lowest BCUT2D eigenvalue weighted by Crippen LogP contribution is -2.04. The molecule has 0 aromatic heterocycles. The van der Waals surface area contributed by atoms with Crippen LogP contribution in [0.15, 0.2) is 60.5 Å². The highest BCUT2D eigenvalue weighted by Gasteiger charge is 2.34. The van der Waals surface area contributed by atoms with E-state index >= 15 is 0 Å². The molecule has 3 heteroatoms. The van der Waals surface area contributed by atoms with Gasteiger partial charge >= 0.3 is 0 Å². The third kappa shape index (κ3) is 3.38. The molecular weight excluding hydrogens is 328 g/mol. The summed E-state index contributed by atoms with van der Waals surface area (Å²) in [5.41, 5.74) is 3.45. The van der Waals surface area contributed by atoms with Crippen LogP contribution in [0, 0.1) is 5.92 Å². The third-order valence-corrected chi connectivity index (χ3v) is 5.17. The van der Waals surface area contributed by atoms with E-state index in [0.29, 0.717) is 17.0 Å². The summed E-state index contributed by atoms with van der Waals surface area (Å²) >= 11 is 1.54. The average molecular weight is 348 g/mol. The van der Waals surface area contributed by atoms with Gasteiger partial charge < -0.3 is 0 Å². The van der Waals surface area contributed by atoms with E-state index in [0.717, 1.165) is 21.8 Å². The zero-order valence-electron chi connectivity index (χ0n) is 14.5. The van der Waals surface area contributed by atoms with Crippen molar-refractivity contribution in [2.75, 3.05) is 0 Å². The van der Waals surface area contributed by atoms with E-state index in [1.165, 1.54) is 17.3 Å². The number of benzene rings is 2. The zero-order valence-corrected chi connectivity index (χ0v) is 15.3. The van der Waals surface area contributed by atoms with Crippen molar-refractivity contribution in [3.8, 4) is 0 Å². The number of carbonyl (C=O) groups excluding carboxylic acids is 2. The Bertz CT molecular complexity index is 889. The molecule has 2 aromatic carbocycles. The molecule has 2 aromatic rings. The quantitative estimate of drug-likeness (QED) is 0.411. The number of hydrogen-bond donors (Lipinski definition) is 0. The van der Waals surface area contributed by atoms with E-state index in [-0.39, 0.29) is 5.57 Å². The first-order valence-corrected chi connectivity index (χ1v) is 9.07. The van der Waals surface area contributed by atoms with Crippen LogP contribution in [0.5, 0.6) is 0 Å². The molecule has 1 aliphatic rings. The summed E-state index contributed by atoms with van der Waals surface area (Å²) in [4.78, 5) is 25.8. The van der Waals surface area contributed by atoms with Gasteiger partial charge in [0, 0.05) is 26.5 Å². The summed E-state index contributed by atoms with van der Waals surface area (Å²) in [7, 11) is 0. The predicted molar refractivity (Wildman–Crippen MR) is 105 cm³/mol. The first kappa shape index (κ1) is 17.4. The molecule has 25 heavy (non-hydrogen) atoms. The lowest BCUT2D eigenvalue weighted by atomic mass is 10.0. The lowest BCUT2D eigenvalue weighted by molar-refractivity contribution is -0.109. The van der Waals surface area contributed by atoms with Crippen LogP contribution in [0.3, 0.4) is 0 Å². The molecule has 0 atom stereocenters. The fourth-order valence-electron chi connectivity index (χ4n) is 3.03. The van der Waals surface area contributed by atoms with Crippen molar-refractivity contribution in [2.45, 2.75) is 25.2 Å². The summed E-state index contributed by atoms with van der Waals surface area (Å²) in [5, 5.41) is 0. The van der Waals surface area contributed by atoms with Gasteiger partial charge in [-0.15, -0.1) is 0 Å². The van der Waals surface area contributed by atoms with Crippen LogP contribution in [-0.2, 0) is 11.2 Å². The van der Waals surface area contributed by atoms with Gasteiger partial charge in [0.15, 0.2) is 0 Å². The number of fused-ring (bicyclic) bond motifs is 1. The summed E-state index contributed by atoms with van der Waals surface area (Å²) in [6.07, 6.45) is 1.06. The van der Waals surface area contributed by atoms with Crippen molar-refractivity contribution in [2.24, 2.45) is 5.92 Å². The van der Waals surface area contributed by atoms with Gasteiger partial charge in [-0.1, -0.05) is 69.1 Å². The van der Waals surface area contributed by atoms with E-state index in [9.17, 15) is 9.59 Å². The Morgan fingerprint density at radius 2 is 1.72 bits per heavy atom. The van der Waals surface area contributed by atoms with Crippen LogP contribution in [0.2, 0.25) is 0 Å². The predicted octanol–water partition coefficient (Wildman–Crippen LogP) is 5.43. The van der Waals surface area contributed by atoms with Crippen LogP contribution in [-0.4, -0.2) is 11.6 Å². The largest absolute Gasteiger partial charge is 0.285 e. The van der Waals surface area contributed by atoms with Crippen molar-refractivity contribution in [1.82, 2.24) is 0 Å². The summed E-state index contributed by atoms with van der Waals surface area (Å²) in [6, 6.07) is 13.8. The number of thioether (sulfide) groups is 1. The molecule has 3 rings (SSSR count). The number of ketones is 2. The Balaban J connectivity index is 1.85. The van der Waals surface area contributed by atoms with Crippen LogP contribution in [0.4, 0.5) is 0 Å². The molecule has 0 fully saturated rings. The number of allylic oxidation sites excluding steroid dienone is 1. The molecule has 0 saturated carbocycles. The van der Waals surface area contributed by atoms with Crippen molar-refractivity contribution < 1.29 is 9.59 Å². The minimum Gasteiger partial charge on any atom is -0.285 e. The second-order valence-electron chi connectivity index (χ2n) is 6.63. The Morgan fingerprint density at radius 3 is 2.36 bits per heavy atom. The Labute approximate surface area is 152 Å². The minimum atomic E-state index is -0.515. The maximum absolute atomic E-state index is 12.0. The minimum absolute atomic E-state index is 0.268. The Kier molecular flexibility index (Phi) is 4.78. The first-order valence-electron chi connectivity index (χ1n) is 8.26. The number of Topliss-reactive ketones (excluding diaryl/α,β-unsaturated/α-hetero) is 2. The standard InChI is InChI=1S/C22H20O2S/c1-13(2)12-16-8-10-17(11-9-16)25-15(4)18-6-5-7-19-20(18)14(3)21(23)22(19)24/h5-11,13H,3-4,12H2,1-2H3. The molecule has 0 N–H and O–H groups in total. The van der Waals surface area contributed by atoms with E-state index in [1.807, 2.05) is 6.07 Å². The van der Waals surface area contributed by atoms with Crippen LogP contribution >= 0.6 is 11.8 Å². The maximum Gasteiger partial charge on any atom is 0.234 e.